The molecule has 2 amide bonds. The first-order chi connectivity index (χ1) is 11.9. The van der Waals surface area contributed by atoms with Gasteiger partial charge in [-0.05, 0) is 37.6 Å². The Morgan fingerprint density at radius 1 is 1.36 bits per heavy atom. The summed E-state index contributed by atoms with van der Waals surface area (Å²) in [6.45, 7) is 4.48. The minimum Gasteiger partial charge on any atom is -0.352 e. The lowest BCUT2D eigenvalue weighted by atomic mass is 10.1. The molecule has 1 N–H and O–H groups in total. The highest BCUT2D eigenvalue weighted by atomic mass is 16.2. The molecular weight excluding hydrogens is 320 g/mol. The number of rotatable bonds is 5. The number of aromatic nitrogens is 4. The number of benzene rings is 1. The Morgan fingerprint density at radius 3 is 2.60 bits per heavy atom. The fourth-order valence-corrected chi connectivity index (χ4v) is 2.91. The van der Waals surface area contributed by atoms with Crippen molar-refractivity contribution < 1.29 is 9.59 Å². The van der Waals surface area contributed by atoms with Gasteiger partial charge in [0.2, 0.25) is 11.7 Å². The summed E-state index contributed by atoms with van der Waals surface area (Å²) in [5, 5.41) is 14.9. The van der Waals surface area contributed by atoms with Gasteiger partial charge in [-0.25, -0.2) is 0 Å². The number of carbonyl (C=O) groups excluding carboxylic acids is 2. The second kappa shape index (κ2) is 7.00. The molecule has 8 nitrogen and oxygen atoms in total. The first-order valence-corrected chi connectivity index (χ1v) is 8.39. The van der Waals surface area contributed by atoms with E-state index in [0.717, 1.165) is 12.0 Å². The molecule has 3 rings (SSSR count). The summed E-state index contributed by atoms with van der Waals surface area (Å²) >= 11 is 0. The highest BCUT2D eigenvalue weighted by Crippen LogP contribution is 2.18. The minimum atomic E-state index is -0.0465. The predicted octanol–water partition coefficient (Wildman–Crippen LogP) is 1.01. The maximum Gasteiger partial charge on any atom is 0.254 e. The van der Waals surface area contributed by atoms with E-state index in [9.17, 15) is 9.59 Å². The average molecular weight is 342 g/mol. The zero-order valence-corrected chi connectivity index (χ0v) is 14.6. The molecule has 1 saturated heterocycles. The van der Waals surface area contributed by atoms with Crippen LogP contribution in [0, 0.1) is 0 Å². The maximum atomic E-state index is 12.9. The molecule has 0 saturated carbocycles. The first-order valence-electron chi connectivity index (χ1n) is 8.39. The molecule has 0 spiro atoms. The standard InChI is InChI=1S/C17H22N6O2/c1-11(2)23(10-14-8-9-15(24)18-14)17(25)13-6-4-12(5-7-13)16-19-21-22(3)20-16/h4-7,11,14H,8-10H2,1-3H3,(H,18,24). The molecule has 132 valence electrons. The maximum absolute atomic E-state index is 12.9. The molecule has 0 radical (unpaired) electrons. The molecule has 8 heteroatoms. The minimum absolute atomic E-state index is 0.0296. The van der Waals surface area contributed by atoms with E-state index in [1.165, 1.54) is 4.80 Å². The van der Waals surface area contributed by atoms with E-state index in [4.69, 9.17) is 0 Å². The molecule has 1 aliphatic rings. The Kier molecular flexibility index (Phi) is 4.78. The Morgan fingerprint density at radius 2 is 2.08 bits per heavy atom. The number of nitrogens with zero attached hydrogens (tertiary/aromatic N) is 5. The monoisotopic (exact) mass is 342 g/mol. The van der Waals surface area contributed by atoms with Crippen LogP contribution >= 0.6 is 0 Å². The summed E-state index contributed by atoms with van der Waals surface area (Å²) in [6, 6.07) is 7.27. The number of hydrogen-bond donors (Lipinski definition) is 1. The Bertz CT molecular complexity index is 768. The van der Waals surface area contributed by atoms with Crippen LogP contribution in [0.15, 0.2) is 24.3 Å². The molecular formula is C17H22N6O2. The largest absolute Gasteiger partial charge is 0.352 e. The van der Waals surface area contributed by atoms with Gasteiger partial charge in [0.1, 0.15) is 0 Å². The highest BCUT2D eigenvalue weighted by molar-refractivity contribution is 5.95. The average Bonchev–Trinajstić information content (AvgIpc) is 3.20. The van der Waals surface area contributed by atoms with Crippen molar-refractivity contribution in [1.82, 2.24) is 30.4 Å². The van der Waals surface area contributed by atoms with Crippen molar-refractivity contribution in [2.75, 3.05) is 6.54 Å². The second-order valence-electron chi connectivity index (χ2n) is 6.53. The van der Waals surface area contributed by atoms with Crippen LogP contribution in [0.3, 0.4) is 0 Å². The number of nitrogens with one attached hydrogen (secondary N) is 1. The SMILES string of the molecule is CC(C)N(CC1CCC(=O)N1)C(=O)c1ccc(-c2nnn(C)n2)cc1. The van der Waals surface area contributed by atoms with Crippen LogP contribution in [-0.4, -0.2) is 55.5 Å². The van der Waals surface area contributed by atoms with Crippen LogP contribution in [0.5, 0.6) is 0 Å². The van der Waals surface area contributed by atoms with E-state index in [0.29, 0.717) is 24.4 Å². The molecule has 1 aliphatic heterocycles. The van der Waals surface area contributed by atoms with E-state index in [1.807, 2.05) is 26.0 Å². The lowest BCUT2D eigenvalue weighted by Gasteiger charge is -2.29. The molecule has 2 heterocycles. The lowest BCUT2D eigenvalue weighted by molar-refractivity contribution is -0.119. The van der Waals surface area contributed by atoms with Gasteiger partial charge in [-0.2, -0.15) is 4.80 Å². The summed E-state index contributed by atoms with van der Waals surface area (Å²) in [4.78, 5) is 27.4. The van der Waals surface area contributed by atoms with Crippen molar-refractivity contribution in [2.24, 2.45) is 7.05 Å². The summed E-state index contributed by atoms with van der Waals surface area (Å²) in [5.41, 5.74) is 1.41. The van der Waals surface area contributed by atoms with Gasteiger partial charge in [0.05, 0.1) is 7.05 Å². The number of aryl methyl sites for hydroxylation is 1. The fourth-order valence-electron chi connectivity index (χ4n) is 2.91. The number of hydrogen-bond acceptors (Lipinski definition) is 5. The number of tetrazole rings is 1. The zero-order chi connectivity index (χ0) is 18.0. The van der Waals surface area contributed by atoms with Crippen LogP contribution < -0.4 is 5.32 Å². The van der Waals surface area contributed by atoms with Crippen molar-refractivity contribution in [2.45, 2.75) is 38.8 Å². The van der Waals surface area contributed by atoms with Crippen molar-refractivity contribution in [3.05, 3.63) is 29.8 Å². The van der Waals surface area contributed by atoms with Crippen molar-refractivity contribution in [3.63, 3.8) is 0 Å². The van der Waals surface area contributed by atoms with Crippen molar-refractivity contribution in [3.8, 4) is 11.4 Å². The van der Waals surface area contributed by atoms with Gasteiger partial charge in [-0.15, -0.1) is 10.2 Å². The van der Waals surface area contributed by atoms with E-state index in [2.05, 4.69) is 20.7 Å². The molecule has 25 heavy (non-hydrogen) atoms. The third-order valence-electron chi connectivity index (χ3n) is 4.28. The lowest BCUT2D eigenvalue weighted by Crippen LogP contribution is -2.45. The highest BCUT2D eigenvalue weighted by Gasteiger charge is 2.27. The van der Waals surface area contributed by atoms with Gasteiger partial charge in [0.25, 0.3) is 5.91 Å². The number of carbonyl (C=O) groups is 2. The van der Waals surface area contributed by atoms with Gasteiger partial charge in [-0.1, -0.05) is 12.1 Å². The van der Waals surface area contributed by atoms with Crippen molar-refractivity contribution >= 4 is 11.8 Å². The molecule has 1 atom stereocenters. The van der Waals surface area contributed by atoms with Crippen molar-refractivity contribution in [1.29, 1.82) is 0 Å². The van der Waals surface area contributed by atoms with E-state index in [-0.39, 0.29) is 23.9 Å². The van der Waals surface area contributed by atoms with Crippen LogP contribution in [0.2, 0.25) is 0 Å². The molecule has 2 aromatic rings. The van der Waals surface area contributed by atoms with Crippen LogP contribution in [0.1, 0.15) is 37.0 Å². The molecule has 0 bridgehead atoms. The summed E-state index contributed by atoms with van der Waals surface area (Å²) in [6.07, 6.45) is 1.30. The third kappa shape index (κ3) is 3.84. The van der Waals surface area contributed by atoms with Gasteiger partial charge in [-0.3, -0.25) is 9.59 Å². The van der Waals surface area contributed by atoms with Crippen LogP contribution in [0.25, 0.3) is 11.4 Å². The summed E-state index contributed by atoms with van der Waals surface area (Å²) in [5.74, 6) is 0.535. The molecule has 1 fully saturated rings. The van der Waals surface area contributed by atoms with E-state index < -0.39 is 0 Å². The van der Waals surface area contributed by atoms with Gasteiger partial charge in [0.15, 0.2) is 0 Å². The van der Waals surface area contributed by atoms with Crippen LogP contribution in [-0.2, 0) is 11.8 Å². The van der Waals surface area contributed by atoms with Gasteiger partial charge in [0, 0.05) is 36.2 Å². The van der Waals surface area contributed by atoms with E-state index >= 15 is 0 Å². The normalized spacial score (nSPS) is 17.0. The quantitative estimate of drug-likeness (QED) is 0.875. The molecule has 0 aliphatic carbocycles. The Balaban J connectivity index is 1.74. The second-order valence-corrected chi connectivity index (χ2v) is 6.53. The summed E-state index contributed by atoms with van der Waals surface area (Å²) in [7, 11) is 1.71. The van der Waals surface area contributed by atoms with Gasteiger partial charge >= 0.3 is 0 Å². The molecule has 1 unspecified atom stereocenters. The fraction of sp³-hybridized carbons (Fsp3) is 0.471. The number of amides is 2. The Hall–Kier alpha value is -2.77. The Labute approximate surface area is 146 Å². The van der Waals surface area contributed by atoms with Gasteiger partial charge < -0.3 is 10.2 Å². The molecule has 1 aromatic carbocycles. The predicted molar refractivity (Wildman–Crippen MR) is 91.6 cm³/mol. The van der Waals surface area contributed by atoms with Crippen LogP contribution in [0.4, 0.5) is 0 Å². The van der Waals surface area contributed by atoms with E-state index in [1.54, 1.807) is 24.1 Å². The first kappa shape index (κ1) is 17.1. The zero-order valence-electron chi connectivity index (χ0n) is 14.6. The topological polar surface area (TPSA) is 93.0 Å². The summed E-state index contributed by atoms with van der Waals surface area (Å²) < 4.78 is 0. The third-order valence-corrected chi connectivity index (χ3v) is 4.28. The molecule has 1 aromatic heterocycles. The smallest absolute Gasteiger partial charge is 0.254 e.